The number of hydrogen-bond donors (Lipinski definition) is 0. The Morgan fingerprint density at radius 1 is 1.19 bits per heavy atom. The minimum absolute atomic E-state index is 0.192. The van der Waals surface area contributed by atoms with Crippen molar-refractivity contribution in [1.29, 1.82) is 0 Å². The SMILES string of the molecule is Fc1ccc(/C=C/c2nnc(CCl)o2)cc1. The Morgan fingerprint density at radius 3 is 2.56 bits per heavy atom. The molecule has 0 aliphatic heterocycles. The van der Waals surface area contributed by atoms with Crippen LogP contribution in [0.25, 0.3) is 12.2 Å². The van der Waals surface area contributed by atoms with E-state index in [0.29, 0.717) is 11.8 Å². The van der Waals surface area contributed by atoms with Gasteiger partial charge in [-0.05, 0) is 23.8 Å². The zero-order valence-corrected chi connectivity index (χ0v) is 8.99. The number of nitrogens with zero attached hydrogens (tertiary/aromatic N) is 2. The summed E-state index contributed by atoms with van der Waals surface area (Å²) in [6.07, 6.45) is 3.40. The van der Waals surface area contributed by atoms with Crippen molar-refractivity contribution in [2.24, 2.45) is 0 Å². The molecule has 0 aliphatic carbocycles. The van der Waals surface area contributed by atoms with E-state index in [9.17, 15) is 4.39 Å². The Kier molecular flexibility index (Phi) is 3.31. The lowest BCUT2D eigenvalue weighted by molar-refractivity contribution is 0.505. The Hall–Kier alpha value is -1.68. The fraction of sp³-hybridized carbons (Fsp3) is 0.0909. The minimum Gasteiger partial charge on any atom is -0.420 e. The fourth-order valence-corrected chi connectivity index (χ4v) is 1.24. The van der Waals surface area contributed by atoms with Crippen molar-refractivity contribution < 1.29 is 8.81 Å². The molecule has 0 bridgehead atoms. The van der Waals surface area contributed by atoms with Crippen LogP contribution in [0.2, 0.25) is 0 Å². The predicted octanol–water partition coefficient (Wildman–Crippen LogP) is 3.12. The smallest absolute Gasteiger partial charge is 0.240 e. The molecule has 1 aromatic carbocycles. The van der Waals surface area contributed by atoms with Crippen LogP contribution in [0, 0.1) is 5.82 Å². The second kappa shape index (κ2) is 4.90. The Balaban J connectivity index is 2.11. The zero-order chi connectivity index (χ0) is 11.4. The third-order valence-corrected chi connectivity index (χ3v) is 2.11. The van der Waals surface area contributed by atoms with E-state index in [4.69, 9.17) is 16.0 Å². The summed E-state index contributed by atoms with van der Waals surface area (Å²) >= 11 is 5.51. The average Bonchev–Trinajstić information content (AvgIpc) is 2.76. The summed E-state index contributed by atoms with van der Waals surface area (Å²) in [7, 11) is 0. The molecule has 0 unspecified atom stereocenters. The normalized spacial score (nSPS) is 11.1. The summed E-state index contributed by atoms with van der Waals surface area (Å²) in [5, 5.41) is 7.46. The van der Waals surface area contributed by atoms with Crippen molar-refractivity contribution in [2.45, 2.75) is 5.88 Å². The molecule has 0 aliphatic rings. The molecule has 0 saturated heterocycles. The molecule has 3 nitrogen and oxygen atoms in total. The molecule has 5 heteroatoms. The summed E-state index contributed by atoms with van der Waals surface area (Å²) in [6.45, 7) is 0. The van der Waals surface area contributed by atoms with Crippen molar-refractivity contribution in [3.8, 4) is 0 Å². The van der Waals surface area contributed by atoms with Crippen LogP contribution < -0.4 is 0 Å². The van der Waals surface area contributed by atoms with Gasteiger partial charge >= 0.3 is 0 Å². The first kappa shape index (κ1) is 10.8. The highest BCUT2D eigenvalue weighted by Gasteiger charge is 2.00. The molecule has 2 rings (SSSR count). The highest BCUT2D eigenvalue weighted by atomic mass is 35.5. The third-order valence-electron chi connectivity index (χ3n) is 1.89. The highest BCUT2D eigenvalue weighted by Crippen LogP contribution is 2.09. The van der Waals surface area contributed by atoms with Crippen molar-refractivity contribution >= 4 is 23.8 Å². The predicted molar refractivity (Wildman–Crippen MR) is 59.2 cm³/mol. The van der Waals surface area contributed by atoms with E-state index in [0.717, 1.165) is 5.56 Å². The van der Waals surface area contributed by atoms with Gasteiger partial charge in [-0.3, -0.25) is 0 Å². The molecule has 0 fully saturated rings. The zero-order valence-electron chi connectivity index (χ0n) is 8.23. The van der Waals surface area contributed by atoms with Gasteiger partial charge in [0, 0.05) is 6.08 Å². The molecular weight excluding hydrogens is 231 g/mol. The lowest BCUT2D eigenvalue weighted by atomic mass is 10.2. The van der Waals surface area contributed by atoms with Crippen LogP contribution >= 0.6 is 11.6 Å². The molecule has 0 atom stereocenters. The van der Waals surface area contributed by atoms with E-state index in [1.165, 1.54) is 12.1 Å². The van der Waals surface area contributed by atoms with Gasteiger partial charge in [-0.2, -0.15) is 0 Å². The quantitative estimate of drug-likeness (QED) is 0.772. The average molecular weight is 239 g/mol. The first-order valence-corrected chi connectivity index (χ1v) is 5.13. The first-order chi connectivity index (χ1) is 7.78. The Labute approximate surface area is 96.6 Å². The van der Waals surface area contributed by atoms with Gasteiger partial charge in [0.05, 0.1) is 0 Å². The van der Waals surface area contributed by atoms with E-state index in [1.807, 2.05) is 0 Å². The van der Waals surface area contributed by atoms with Crippen molar-refractivity contribution in [2.75, 3.05) is 0 Å². The van der Waals surface area contributed by atoms with Crippen LogP contribution in [-0.4, -0.2) is 10.2 Å². The molecule has 0 saturated carbocycles. The summed E-state index contributed by atoms with van der Waals surface area (Å²) in [4.78, 5) is 0. The molecule has 0 radical (unpaired) electrons. The van der Waals surface area contributed by atoms with Gasteiger partial charge in [0.25, 0.3) is 0 Å². The van der Waals surface area contributed by atoms with Gasteiger partial charge in [-0.15, -0.1) is 21.8 Å². The van der Waals surface area contributed by atoms with E-state index in [1.54, 1.807) is 24.3 Å². The molecule has 2 aromatic rings. The number of halogens is 2. The van der Waals surface area contributed by atoms with Gasteiger partial charge in [0.1, 0.15) is 11.7 Å². The molecule has 1 aromatic heterocycles. The maximum absolute atomic E-state index is 12.6. The largest absolute Gasteiger partial charge is 0.420 e. The van der Waals surface area contributed by atoms with E-state index in [-0.39, 0.29) is 11.7 Å². The Bertz CT molecular complexity index is 493. The molecule has 0 amide bonds. The van der Waals surface area contributed by atoms with Crippen molar-refractivity contribution in [3.05, 3.63) is 47.4 Å². The second-order valence-electron chi connectivity index (χ2n) is 3.05. The summed E-state index contributed by atoms with van der Waals surface area (Å²) < 4.78 is 17.8. The van der Waals surface area contributed by atoms with Gasteiger partial charge in [0.2, 0.25) is 11.8 Å². The maximum atomic E-state index is 12.6. The number of alkyl halides is 1. The number of hydrogen-bond acceptors (Lipinski definition) is 3. The van der Waals surface area contributed by atoms with Crippen LogP contribution in [-0.2, 0) is 5.88 Å². The lowest BCUT2D eigenvalue weighted by Crippen LogP contribution is -1.75. The number of rotatable bonds is 3. The van der Waals surface area contributed by atoms with E-state index in [2.05, 4.69) is 10.2 Å². The van der Waals surface area contributed by atoms with Crippen LogP contribution in [0.3, 0.4) is 0 Å². The van der Waals surface area contributed by atoms with Gasteiger partial charge in [0.15, 0.2) is 0 Å². The molecule has 0 N–H and O–H groups in total. The number of aromatic nitrogens is 2. The van der Waals surface area contributed by atoms with E-state index >= 15 is 0 Å². The van der Waals surface area contributed by atoms with Crippen molar-refractivity contribution in [1.82, 2.24) is 10.2 Å². The van der Waals surface area contributed by atoms with Crippen LogP contribution in [0.5, 0.6) is 0 Å². The molecule has 1 heterocycles. The maximum Gasteiger partial charge on any atom is 0.240 e. The van der Waals surface area contributed by atoms with E-state index < -0.39 is 0 Å². The van der Waals surface area contributed by atoms with Crippen LogP contribution in [0.1, 0.15) is 17.3 Å². The van der Waals surface area contributed by atoms with Gasteiger partial charge in [-0.1, -0.05) is 12.1 Å². The Morgan fingerprint density at radius 2 is 1.94 bits per heavy atom. The number of benzene rings is 1. The summed E-state index contributed by atoms with van der Waals surface area (Å²) in [6, 6.07) is 6.09. The molecular formula is C11H8ClFN2O. The summed E-state index contributed by atoms with van der Waals surface area (Å²) in [5.74, 6) is 0.678. The monoisotopic (exact) mass is 238 g/mol. The standard InChI is InChI=1S/C11H8ClFN2O/c12-7-11-15-14-10(16-11)6-3-8-1-4-9(13)5-2-8/h1-6H,7H2/b6-3+. The first-order valence-electron chi connectivity index (χ1n) is 4.60. The van der Waals surface area contributed by atoms with Gasteiger partial charge < -0.3 is 4.42 Å². The highest BCUT2D eigenvalue weighted by molar-refractivity contribution is 6.16. The molecule has 0 spiro atoms. The van der Waals surface area contributed by atoms with Gasteiger partial charge in [-0.25, -0.2) is 4.39 Å². The second-order valence-corrected chi connectivity index (χ2v) is 3.32. The lowest BCUT2D eigenvalue weighted by Gasteiger charge is -1.91. The third kappa shape index (κ3) is 2.67. The summed E-state index contributed by atoms with van der Waals surface area (Å²) in [5.41, 5.74) is 0.854. The van der Waals surface area contributed by atoms with Crippen molar-refractivity contribution in [3.63, 3.8) is 0 Å². The molecule has 82 valence electrons. The minimum atomic E-state index is -0.264. The topological polar surface area (TPSA) is 38.9 Å². The van der Waals surface area contributed by atoms with Crippen LogP contribution in [0.15, 0.2) is 28.7 Å². The molecule has 16 heavy (non-hydrogen) atoms. The fourth-order valence-electron chi connectivity index (χ4n) is 1.13. The van der Waals surface area contributed by atoms with Crippen LogP contribution in [0.4, 0.5) is 4.39 Å².